The van der Waals surface area contributed by atoms with Crippen LogP contribution in [0.2, 0.25) is 0 Å². The van der Waals surface area contributed by atoms with Crippen molar-refractivity contribution in [3.05, 3.63) is 113 Å². The van der Waals surface area contributed by atoms with Gasteiger partial charge in [0.15, 0.2) is 0 Å². The third-order valence-electron chi connectivity index (χ3n) is 5.36. The average molecular weight is 382 g/mol. The molecule has 0 bridgehead atoms. The molecular weight excluding hydrogens is 354 g/mol. The Hall–Kier alpha value is -3.10. The molecule has 29 heavy (non-hydrogen) atoms. The summed E-state index contributed by atoms with van der Waals surface area (Å²) in [5, 5.41) is 6.15. The number of hydrogen-bond donors (Lipinski definition) is 1. The maximum atomic E-state index is 6.28. The van der Waals surface area contributed by atoms with Gasteiger partial charge >= 0.3 is 0 Å². The highest BCUT2D eigenvalue weighted by atomic mass is 16.5. The van der Waals surface area contributed by atoms with Crippen LogP contribution in [0.5, 0.6) is 5.75 Å². The van der Waals surface area contributed by atoms with E-state index in [1.54, 1.807) is 0 Å². The summed E-state index contributed by atoms with van der Waals surface area (Å²) < 4.78 is 6.28. The first-order valence-electron chi connectivity index (χ1n) is 10.2. The summed E-state index contributed by atoms with van der Waals surface area (Å²) >= 11 is 0. The van der Waals surface area contributed by atoms with Gasteiger partial charge < -0.3 is 10.1 Å². The molecule has 0 amide bonds. The minimum absolute atomic E-state index is 0.264. The first kappa shape index (κ1) is 19.2. The Balaban J connectivity index is 1.58. The third kappa shape index (κ3) is 4.67. The van der Waals surface area contributed by atoms with E-state index in [0.717, 1.165) is 12.3 Å². The molecule has 0 aliphatic carbocycles. The Bertz CT molecular complexity index is 1090. The predicted molar refractivity (Wildman–Crippen MR) is 121 cm³/mol. The molecule has 4 aromatic rings. The van der Waals surface area contributed by atoms with Gasteiger partial charge in [-0.1, -0.05) is 90.5 Å². The summed E-state index contributed by atoms with van der Waals surface area (Å²) in [4.78, 5) is 0. The predicted octanol–water partition coefficient (Wildman–Crippen LogP) is 6.58. The zero-order valence-electron chi connectivity index (χ0n) is 17.1. The van der Waals surface area contributed by atoms with Crippen molar-refractivity contribution in [1.29, 1.82) is 0 Å². The molecule has 0 aliphatic heterocycles. The molecule has 0 heterocycles. The fraction of sp³-hybridized carbons (Fsp3) is 0.185. The number of hydrogen-bond acceptors (Lipinski definition) is 2. The molecule has 0 unspecified atom stereocenters. The van der Waals surface area contributed by atoms with Crippen LogP contribution in [0.15, 0.2) is 91.0 Å². The Morgan fingerprint density at radius 3 is 2.45 bits per heavy atom. The average Bonchev–Trinajstić information content (AvgIpc) is 2.77. The van der Waals surface area contributed by atoms with Crippen LogP contribution >= 0.6 is 0 Å². The summed E-state index contributed by atoms with van der Waals surface area (Å²) in [5.41, 5.74) is 4.94. The lowest BCUT2D eigenvalue weighted by atomic mass is 10.0. The zero-order chi connectivity index (χ0) is 20.1. The SMILES string of the molecule is Cc1cccc(COc2ccc3ccccc3c2CN[C@@H](C)c2ccccc2)c1. The number of aryl methyl sites for hydroxylation is 1. The van der Waals surface area contributed by atoms with Crippen LogP contribution in [0, 0.1) is 6.92 Å². The molecule has 2 heteroatoms. The Kier molecular flexibility index (Phi) is 5.92. The lowest BCUT2D eigenvalue weighted by molar-refractivity contribution is 0.302. The topological polar surface area (TPSA) is 21.3 Å². The minimum Gasteiger partial charge on any atom is -0.489 e. The molecule has 0 fully saturated rings. The molecule has 1 atom stereocenters. The lowest BCUT2D eigenvalue weighted by Gasteiger charge is -2.18. The Labute approximate surface area is 173 Å². The standard InChI is InChI=1S/C27H27NO/c1-20-9-8-10-22(17-20)19-29-27-16-15-24-13-6-7-14-25(24)26(27)18-28-21(2)23-11-4-3-5-12-23/h3-17,21,28H,18-19H2,1-2H3/t21-/m0/s1. The molecule has 4 rings (SSSR count). The van der Waals surface area contributed by atoms with E-state index < -0.39 is 0 Å². The maximum Gasteiger partial charge on any atom is 0.124 e. The van der Waals surface area contributed by atoms with Gasteiger partial charge in [-0.15, -0.1) is 0 Å². The van der Waals surface area contributed by atoms with E-state index in [4.69, 9.17) is 4.74 Å². The van der Waals surface area contributed by atoms with Crippen molar-refractivity contribution in [2.24, 2.45) is 0 Å². The molecule has 4 aromatic carbocycles. The van der Waals surface area contributed by atoms with E-state index in [1.807, 2.05) is 0 Å². The molecule has 0 saturated carbocycles. The highest BCUT2D eigenvalue weighted by Gasteiger charge is 2.12. The van der Waals surface area contributed by atoms with Crippen molar-refractivity contribution in [2.75, 3.05) is 0 Å². The van der Waals surface area contributed by atoms with Crippen LogP contribution < -0.4 is 10.1 Å². The van der Waals surface area contributed by atoms with E-state index in [0.29, 0.717) is 6.61 Å². The largest absolute Gasteiger partial charge is 0.489 e. The van der Waals surface area contributed by atoms with Crippen molar-refractivity contribution < 1.29 is 4.74 Å². The highest BCUT2D eigenvalue weighted by molar-refractivity contribution is 5.87. The molecule has 0 aliphatic rings. The molecule has 0 spiro atoms. The van der Waals surface area contributed by atoms with Crippen molar-refractivity contribution >= 4 is 10.8 Å². The molecule has 0 aromatic heterocycles. The smallest absolute Gasteiger partial charge is 0.124 e. The highest BCUT2D eigenvalue weighted by Crippen LogP contribution is 2.29. The monoisotopic (exact) mass is 381 g/mol. The molecule has 0 radical (unpaired) electrons. The number of rotatable bonds is 7. The van der Waals surface area contributed by atoms with Gasteiger partial charge in [0.25, 0.3) is 0 Å². The van der Waals surface area contributed by atoms with Gasteiger partial charge in [-0.3, -0.25) is 0 Å². The summed E-state index contributed by atoms with van der Waals surface area (Å²) in [7, 11) is 0. The number of fused-ring (bicyclic) bond motifs is 1. The van der Waals surface area contributed by atoms with Gasteiger partial charge in [-0.2, -0.15) is 0 Å². The van der Waals surface area contributed by atoms with Crippen LogP contribution in [0.4, 0.5) is 0 Å². The molecule has 2 nitrogen and oxygen atoms in total. The molecular formula is C27H27NO. The summed E-state index contributed by atoms with van der Waals surface area (Å²) in [6.45, 7) is 5.63. The summed E-state index contributed by atoms with van der Waals surface area (Å²) in [5.74, 6) is 0.943. The van der Waals surface area contributed by atoms with Crippen LogP contribution in [0.3, 0.4) is 0 Å². The third-order valence-corrected chi connectivity index (χ3v) is 5.36. The second-order valence-corrected chi connectivity index (χ2v) is 7.55. The van der Waals surface area contributed by atoms with E-state index in [9.17, 15) is 0 Å². The van der Waals surface area contributed by atoms with E-state index >= 15 is 0 Å². The van der Waals surface area contributed by atoms with Crippen molar-refractivity contribution in [3.8, 4) is 5.75 Å². The maximum absolute atomic E-state index is 6.28. The van der Waals surface area contributed by atoms with Gasteiger partial charge in [0.2, 0.25) is 0 Å². The molecule has 1 N–H and O–H groups in total. The van der Waals surface area contributed by atoms with Crippen molar-refractivity contribution in [3.63, 3.8) is 0 Å². The van der Waals surface area contributed by atoms with E-state index in [-0.39, 0.29) is 6.04 Å². The normalized spacial score (nSPS) is 12.1. The van der Waals surface area contributed by atoms with Crippen molar-refractivity contribution in [2.45, 2.75) is 33.0 Å². The Morgan fingerprint density at radius 1 is 0.828 bits per heavy atom. The molecule has 146 valence electrons. The van der Waals surface area contributed by atoms with Crippen LogP contribution in [-0.2, 0) is 13.2 Å². The second-order valence-electron chi connectivity index (χ2n) is 7.55. The van der Waals surface area contributed by atoms with E-state index in [2.05, 4.69) is 110 Å². The Morgan fingerprint density at radius 2 is 1.62 bits per heavy atom. The fourth-order valence-corrected chi connectivity index (χ4v) is 3.71. The van der Waals surface area contributed by atoms with Gasteiger partial charge in [0, 0.05) is 18.2 Å². The fourth-order valence-electron chi connectivity index (χ4n) is 3.71. The zero-order valence-corrected chi connectivity index (χ0v) is 17.1. The first-order chi connectivity index (χ1) is 14.2. The number of ether oxygens (including phenoxy) is 1. The summed E-state index contributed by atoms with van der Waals surface area (Å²) in [6, 6.07) is 32.1. The summed E-state index contributed by atoms with van der Waals surface area (Å²) in [6.07, 6.45) is 0. The van der Waals surface area contributed by atoms with E-state index in [1.165, 1.54) is 33.0 Å². The van der Waals surface area contributed by atoms with Crippen LogP contribution in [-0.4, -0.2) is 0 Å². The van der Waals surface area contributed by atoms with Crippen molar-refractivity contribution in [1.82, 2.24) is 5.32 Å². The van der Waals surface area contributed by atoms with Gasteiger partial charge in [0.05, 0.1) is 0 Å². The van der Waals surface area contributed by atoms with Gasteiger partial charge in [-0.25, -0.2) is 0 Å². The van der Waals surface area contributed by atoms with Crippen LogP contribution in [0.1, 0.15) is 35.2 Å². The minimum atomic E-state index is 0.264. The molecule has 0 saturated heterocycles. The second kappa shape index (κ2) is 8.93. The number of nitrogens with one attached hydrogen (secondary N) is 1. The first-order valence-corrected chi connectivity index (χ1v) is 10.2. The lowest BCUT2D eigenvalue weighted by Crippen LogP contribution is -2.18. The number of benzene rings is 4. The van der Waals surface area contributed by atoms with Gasteiger partial charge in [-0.05, 0) is 41.8 Å². The quantitative estimate of drug-likeness (QED) is 0.390. The van der Waals surface area contributed by atoms with Gasteiger partial charge in [0.1, 0.15) is 12.4 Å². The van der Waals surface area contributed by atoms with Crippen LogP contribution in [0.25, 0.3) is 10.8 Å².